The summed E-state index contributed by atoms with van der Waals surface area (Å²) < 4.78 is 10.7. The molecule has 1 aromatic heterocycles. The van der Waals surface area contributed by atoms with E-state index in [1.165, 1.54) is 0 Å². The topological polar surface area (TPSA) is 120 Å². The fraction of sp³-hybridized carbons (Fsp3) is 0.692. The van der Waals surface area contributed by atoms with Crippen LogP contribution in [0.2, 0.25) is 0 Å². The number of hydrogen-bond donors (Lipinski definition) is 2. The number of nitrogens with two attached hydrogens (primary N) is 1. The first-order chi connectivity index (χ1) is 10.1. The Balaban J connectivity index is 2.75. The Kier molecular flexibility index (Phi) is 6.21. The summed E-state index contributed by atoms with van der Waals surface area (Å²) in [6.45, 7) is 9.15. The van der Waals surface area contributed by atoms with Crippen molar-refractivity contribution >= 4 is 23.8 Å². The highest BCUT2D eigenvalue weighted by Gasteiger charge is 2.27. The molecule has 1 rings (SSSR count). The van der Waals surface area contributed by atoms with Crippen LogP contribution in [-0.2, 0) is 9.53 Å². The molecule has 0 spiro atoms. The van der Waals surface area contributed by atoms with Gasteiger partial charge in [0.25, 0.3) is 5.22 Å². The van der Waals surface area contributed by atoms with Crippen molar-refractivity contribution in [1.29, 1.82) is 0 Å². The standard InChI is InChI=1S/C13H22N4O4S/c1-7(2)9(15-11(19)21-13(3,4)5)10-16-17-12(20-10)22-6-8(14)18/h7,9H,6H2,1-5H3,(H2,14,18)(H,15,19). The summed E-state index contributed by atoms with van der Waals surface area (Å²) in [6, 6.07) is -0.481. The van der Waals surface area contributed by atoms with Gasteiger partial charge < -0.3 is 20.2 Å². The molecule has 0 aliphatic heterocycles. The van der Waals surface area contributed by atoms with E-state index in [-0.39, 0.29) is 22.8 Å². The molecule has 0 aromatic carbocycles. The zero-order chi connectivity index (χ0) is 16.9. The summed E-state index contributed by atoms with van der Waals surface area (Å²) in [5, 5.41) is 10.7. The smallest absolute Gasteiger partial charge is 0.408 e. The van der Waals surface area contributed by atoms with E-state index in [0.29, 0.717) is 0 Å². The number of nitrogens with one attached hydrogen (secondary N) is 1. The van der Waals surface area contributed by atoms with E-state index >= 15 is 0 Å². The predicted octanol–water partition coefficient (Wildman–Crippen LogP) is 1.87. The number of thioether (sulfide) groups is 1. The zero-order valence-electron chi connectivity index (χ0n) is 13.4. The lowest BCUT2D eigenvalue weighted by Gasteiger charge is -2.23. The minimum Gasteiger partial charge on any atom is -0.444 e. The Labute approximate surface area is 133 Å². The van der Waals surface area contributed by atoms with Gasteiger partial charge in [0, 0.05) is 0 Å². The molecular formula is C13H22N4O4S. The van der Waals surface area contributed by atoms with Crippen LogP contribution in [0.4, 0.5) is 4.79 Å². The molecule has 0 saturated carbocycles. The van der Waals surface area contributed by atoms with E-state index in [2.05, 4.69) is 15.5 Å². The van der Waals surface area contributed by atoms with Gasteiger partial charge in [-0.05, 0) is 26.7 Å². The van der Waals surface area contributed by atoms with Crippen LogP contribution in [0.1, 0.15) is 46.6 Å². The lowest BCUT2D eigenvalue weighted by molar-refractivity contribution is -0.115. The molecule has 1 heterocycles. The number of rotatable bonds is 6. The summed E-state index contributed by atoms with van der Waals surface area (Å²) in [7, 11) is 0. The summed E-state index contributed by atoms with van der Waals surface area (Å²) in [5.74, 6) is -0.153. The van der Waals surface area contributed by atoms with Crippen LogP contribution in [0.3, 0.4) is 0 Å². The second-order valence-corrected chi connectivity index (χ2v) is 6.96. The normalized spacial score (nSPS) is 13.0. The van der Waals surface area contributed by atoms with Gasteiger partial charge in [0.1, 0.15) is 11.6 Å². The van der Waals surface area contributed by atoms with Crippen LogP contribution in [0, 0.1) is 5.92 Å². The molecule has 9 heteroatoms. The van der Waals surface area contributed by atoms with Crippen LogP contribution in [-0.4, -0.2) is 33.6 Å². The lowest BCUT2D eigenvalue weighted by Crippen LogP contribution is -2.37. The molecule has 0 bridgehead atoms. The van der Waals surface area contributed by atoms with Gasteiger partial charge in [-0.25, -0.2) is 4.79 Å². The molecule has 22 heavy (non-hydrogen) atoms. The average molecular weight is 330 g/mol. The third kappa shape index (κ3) is 6.33. The molecule has 0 aliphatic rings. The number of ether oxygens (including phenoxy) is 1. The molecule has 124 valence electrons. The van der Waals surface area contributed by atoms with Gasteiger partial charge >= 0.3 is 6.09 Å². The highest BCUT2D eigenvalue weighted by Crippen LogP contribution is 2.24. The van der Waals surface area contributed by atoms with E-state index < -0.39 is 23.6 Å². The van der Waals surface area contributed by atoms with Crippen LogP contribution in [0.15, 0.2) is 9.64 Å². The Hall–Kier alpha value is -1.77. The third-order valence-corrected chi connectivity index (χ3v) is 3.21. The zero-order valence-corrected chi connectivity index (χ0v) is 14.2. The third-order valence-electron chi connectivity index (χ3n) is 2.36. The second kappa shape index (κ2) is 7.48. The Morgan fingerprint density at radius 2 is 2.00 bits per heavy atom. The van der Waals surface area contributed by atoms with Crippen molar-refractivity contribution in [3.63, 3.8) is 0 Å². The number of carbonyl (C=O) groups is 2. The van der Waals surface area contributed by atoms with Gasteiger partial charge in [-0.2, -0.15) is 0 Å². The van der Waals surface area contributed by atoms with E-state index in [1.807, 2.05) is 13.8 Å². The van der Waals surface area contributed by atoms with Crippen molar-refractivity contribution in [2.45, 2.75) is 51.5 Å². The first-order valence-corrected chi connectivity index (χ1v) is 7.81. The highest BCUT2D eigenvalue weighted by atomic mass is 32.2. The molecule has 0 saturated heterocycles. The summed E-state index contributed by atoms with van der Waals surface area (Å²) in [4.78, 5) is 22.6. The first kappa shape index (κ1) is 18.3. The van der Waals surface area contributed by atoms with Crippen molar-refractivity contribution in [3.05, 3.63) is 5.89 Å². The van der Waals surface area contributed by atoms with Gasteiger partial charge in [0.2, 0.25) is 11.8 Å². The van der Waals surface area contributed by atoms with Crippen LogP contribution in [0.25, 0.3) is 0 Å². The minimum atomic E-state index is -0.594. The maximum Gasteiger partial charge on any atom is 0.408 e. The van der Waals surface area contributed by atoms with Crippen molar-refractivity contribution in [2.75, 3.05) is 5.75 Å². The van der Waals surface area contributed by atoms with Gasteiger partial charge in [-0.3, -0.25) is 4.79 Å². The SMILES string of the molecule is CC(C)C(NC(=O)OC(C)(C)C)c1nnc(SCC(N)=O)o1. The maximum atomic E-state index is 11.9. The molecule has 0 aliphatic carbocycles. The fourth-order valence-electron chi connectivity index (χ4n) is 1.49. The van der Waals surface area contributed by atoms with Crippen LogP contribution in [0.5, 0.6) is 0 Å². The van der Waals surface area contributed by atoms with Gasteiger partial charge in [0.05, 0.1) is 5.75 Å². The van der Waals surface area contributed by atoms with Crippen LogP contribution >= 0.6 is 11.8 Å². The van der Waals surface area contributed by atoms with Crippen molar-refractivity contribution in [1.82, 2.24) is 15.5 Å². The van der Waals surface area contributed by atoms with E-state index in [4.69, 9.17) is 14.9 Å². The average Bonchev–Trinajstić information content (AvgIpc) is 2.79. The molecule has 3 N–H and O–H groups in total. The molecule has 8 nitrogen and oxygen atoms in total. The van der Waals surface area contributed by atoms with Crippen molar-refractivity contribution in [3.8, 4) is 0 Å². The lowest BCUT2D eigenvalue weighted by atomic mass is 10.1. The molecule has 1 unspecified atom stereocenters. The number of primary amides is 1. The molecular weight excluding hydrogens is 308 g/mol. The van der Waals surface area contributed by atoms with E-state index in [1.54, 1.807) is 20.8 Å². The van der Waals surface area contributed by atoms with Crippen LogP contribution < -0.4 is 11.1 Å². The highest BCUT2D eigenvalue weighted by molar-refractivity contribution is 7.99. The van der Waals surface area contributed by atoms with E-state index in [0.717, 1.165) is 11.8 Å². The number of nitrogens with zero attached hydrogens (tertiary/aromatic N) is 2. The Morgan fingerprint density at radius 1 is 1.36 bits per heavy atom. The summed E-state index contributed by atoms with van der Waals surface area (Å²) >= 11 is 1.05. The molecule has 1 atom stereocenters. The van der Waals surface area contributed by atoms with Gasteiger partial charge in [-0.15, -0.1) is 10.2 Å². The molecule has 2 amide bonds. The Morgan fingerprint density at radius 3 is 2.50 bits per heavy atom. The maximum absolute atomic E-state index is 11.9. The fourth-order valence-corrected chi connectivity index (χ4v) is 1.99. The second-order valence-electron chi connectivity index (χ2n) is 6.03. The molecule has 0 fully saturated rings. The Bertz CT molecular complexity index is 524. The molecule has 1 aromatic rings. The monoisotopic (exact) mass is 330 g/mol. The number of hydrogen-bond acceptors (Lipinski definition) is 7. The van der Waals surface area contributed by atoms with E-state index in [9.17, 15) is 9.59 Å². The number of amides is 2. The largest absolute Gasteiger partial charge is 0.444 e. The number of carbonyl (C=O) groups excluding carboxylic acids is 2. The quantitative estimate of drug-likeness (QED) is 0.764. The summed E-state index contributed by atoms with van der Waals surface area (Å²) in [5.41, 5.74) is 4.46. The molecule has 0 radical (unpaired) electrons. The number of alkyl carbamates (subject to hydrolysis) is 1. The van der Waals surface area contributed by atoms with Crippen molar-refractivity contribution < 1.29 is 18.7 Å². The number of aromatic nitrogens is 2. The summed E-state index contributed by atoms with van der Waals surface area (Å²) in [6.07, 6.45) is -0.560. The first-order valence-electron chi connectivity index (χ1n) is 6.82. The van der Waals surface area contributed by atoms with Gasteiger partial charge in [0.15, 0.2) is 0 Å². The van der Waals surface area contributed by atoms with Crippen molar-refractivity contribution in [2.24, 2.45) is 11.7 Å². The van der Waals surface area contributed by atoms with Gasteiger partial charge in [-0.1, -0.05) is 25.6 Å². The predicted molar refractivity (Wildman–Crippen MR) is 81.2 cm³/mol. The minimum absolute atomic E-state index is 0.0157.